The first kappa shape index (κ1) is 51.4. The molecule has 0 saturated heterocycles. The van der Waals surface area contributed by atoms with Crippen molar-refractivity contribution in [2.45, 2.75) is 265 Å². The highest BCUT2D eigenvalue weighted by Gasteiger charge is 2.19. The molecule has 0 aromatic heterocycles. The lowest BCUT2D eigenvalue weighted by Gasteiger charge is -2.18. The van der Waals surface area contributed by atoms with Crippen molar-refractivity contribution in [3.8, 4) is 0 Å². The second kappa shape index (κ2) is 41.6. The molecule has 0 spiro atoms. The van der Waals surface area contributed by atoms with Crippen LogP contribution in [0.3, 0.4) is 0 Å². The molecule has 0 fully saturated rings. The van der Waals surface area contributed by atoms with Crippen LogP contribution in [-0.4, -0.2) is 37.2 Å². The third-order valence-electron chi connectivity index (χ3n) is 10.5. The lowest BCUT2D eigenvalue weighted by molar-refractivity contribution is -0.167. The van der Waals surface area contributed by atoms with E-state index in [0.717, 1.165) is 63.7 Å². The molecule has 0 aliphatic rings. The lowest BCUT2D eigenvalue weighted by Crippen LogP contribution is -2.30. The van der Waals surface area contributed by atoms with Gasteiger partial charge in [-0.05, 0) is 25.2 Å². The van der Waals surface area contributed by atoms with Gasteiger partial charge in [0.25, 0.3) is 0 Å². The van der Waals surface area contributed by atoms with Crippen molar-refractivity contribution in [1.29, 1.82) is 0 Å². The van der Waals surface area contributed by atoms with Gasteiger partial charge >= 0.3 is 17.9 Å². The fraction of sp³-hybridized carbons (Fsp3) is 0.936. The predicted molar refractivity (Wildman–Crippen MR) is 224 cm³/mol. The summed E-state index contributed by atoms with van der Waals surface area (Å²) in [5.74, 6) is -0.0574. The normalized spacial score (nSPS) is 11.9. The minimum absolute atomic E-state index is 0.0638. The minimum atomic E-state index is -0.759. The summed E-state index contributed by atoms with van der Waals surface area (Å²) in [7, 11) is 0. The summed E-state index contributed by atoms with van der Waals surface area (Å²) in [4.78, 5) is 37.7. The standard InChI is InChI=1S/C47H90O6/c1-5-7-9-11-13-15-17-18-20-21-26-30-34-38-45(48)51-41-44(53-47(50)40-36-32-28-22-19-16-14-12-10-8-6-2)42-52-46(49)39-35-31-27-24-23-25-29-33-37-43(3)4/h43-44H,5-42H2,1-4H3/t44-/m0/s1. The first-order chi connectivity index (χ1) is 25.9. The van der Waals surface area contributed by atoms with Gasteiger partial charge in [0.1, 0.15) is 13.2 Å². The van der Waals surface area contributed by atoms with Crippen LogP contribution in [0, 0.1) is 5.92 Å². The van der Waals surface area contributed by atoms with Gasteiger partial charge in [-0.1, -0.05) is 220 Å². The number of esters is 3. The molecule has 0 unspecified atom stereocenters. The van der Waals surface area contributed by atoms with Crippen LogP contribution >= 0.6 is 0 Å². The molecule has 0 saturated carbocycles. The Balaban J connectivity index is 4.32. The molecule has 0 aliphatic heterocycles. The van der Waals surface area contributed by atoms with Crippen LogP contribution in [0.4, 0.5) is 0 Å². The third kappa shape index (κ3) is 41.4. The highest BCUT2D eigenvalue weighted by Crippen LogP contribution is 2.16. The Morgan fingerprint density at radius 3 is 0.925 bits per heavy atom. The van der Waals surface area contributed by atoms with E-state index in [4.69, 9.17) is 14.2 Å². The SMILES string of the molecule is CCCCCCCCCCCCCCCC(=O)OC[C@@H](COC(=O)CCCCCCCCCCC(C)C)OC(=O)CCCCCCCCCCCCC. The van der Waals surface area contributed by atoms with Gasteiger partial charge in [0, 0.05) is 19.3 Å². The molecular weight excluding hydrogens is 661 g/mol. The highest BCUT2D eigenvalue weighted by atomic mass is 16.6. The Bertz CT molecular complexity index is 796. The zero-order chi connectivity index (χ0) is 38.9. The highest BCUT2D eigenvalue weighted by molar-refractivity contribution is 5.71. The molecule has 0 N–H and O–H groups in total. The molecule has 0 radical (unpaired) electrons. The zero-order valence-corrected chi connectivity index (χ0v) is 36.0. The number of ether oxygens (including phenoxy) is 3. The summed E-state index contributed by atoms with van der Waals surface area (Å²) in [5.41, 5.74) is 0. The van der Waals surface area contributed by atoms with E-state index in [1.807, 2.05) is 0 Å². The van der Waals surface area contributed by atoms with Gasteiger partial charge in [0.15, 0.2) is 6.10 Å². The van der Waals surface area contributed by atoms with Crippen molar-refractivity contribution in [1.82, 2.24) is 0 Å². The average molecular weight is 751 g/mol. The largest absolute Gasteiger partial charge is 0.462 e. The molecule has 0 aliphatic carbocycles. The third-order valence-corrected chi connectivity index (χ3v) is 10.5. The second-order valence-corrected chi connectivity index (χ2v) is 16.5. The molecule has 314 valence electrons. The van der Waals surface area contributed by atoms with Gasteiger partial charge in [-0.3, -0.25) is 14.4 Å². The first-order valence-corrected chi connectivity index (χ1v) is 23.4. The molecule has 0 aromatic rings. The van der Waals surface area contributed by atoms with Crippen LogP contribution in [0.2, 0.25) is 0 Å². The van der Waals surface area contributed by atoms with E-state index in [1.165, 1.54) is 154 Å². The number of hydrogen-bond donors (Lipinski definition) is 0. The Labute approximate surface area is 329 Å². The molecule has 0 heterocycles. The van der Waals surface area contributed by atoms with Crippen molar-refractivity contribution >= 4 is 17.9 Å². The fourth-order valence-corrected chi connectivity index (χ4v) is 6.98. The van der Waals surface area contributed by atoms with Crippen LogP contribution in [0.25, 0.3) is 0 Å². The summed E-state index contributed by atoms with van der Waals surface area (Å²) in [5, 5.41) is 0. The zero-order valence-electron chi connectivity index (χ0n) is 36.0. The van der Waals surface area contributed by atoms with Gasteiger partial charge < -0.3 is 14.2 Å². The molecular formula is C47H90O6. The number of rotatable bonds is 42. The van der Waals surface area contributed by atoms with E-state index in [1.54, 1.807) is 0 Å². The molecule has 53 heavy (non-hydrogen) atoms. The summed E-state index contributed by atoms with van der Waals surface area (Å²) in [6, 6.07) is 0. The van der Waals surface area contributed by atoms with Gasteiger partial charge in [-0.15, -0.1) is 0 Å². The topological polar surface area (TPSA) is 78.9 Å². The minimum Gasteiger partial charge on any atom is -0.462 e. The van der Waals surface area contributed by atoms with Crippen molar-refractivity contribution in [3.63, 3.8) is 0 Å². The number of carbonyl (C=O) groups is 3. The summed E-state index contributed by atoms with van der Waals surface area (Å²) >= 11 is 0. The molecule has 0 aromatic carbocycles. The van der Waals surface area contributed by atoms with Crippen molar-refractivity contribution < 1.29 is 28.6 Å². The summed E-state index contributed by atoms with van der Waals surface area (Å²) < 4.78 is 16.7. The van der Waals surface area contributed by atoms with Crippen molar-refractivity contribution in [2.24, 2.45) is 5.92 Å². The molecule has 6 heteroatoms. The molecule has 1 atom stereocenters. The molecule has 0 amide bonds. The molecule has 0 rings (SSSR count). The maximum atomic E-state index is 12.7. The molecule has 0 bridgehead atoms. The van der Waals surface area contributed by atoms with Gasteiger partial charge in [0.05, 0.1) is 0 Å². The van der Waals surface area contributed by atoms with E-state index >= 15 is 0 Å². The van der Waals surface area contributed by atoms with Crippen LogP contribution < -0.4 is 0 Å². The van der Waals surface area contributed by atoms with E-state index in [0.29, 0.717) is 19.3 Å². The fourth-order valence-electron chi connectivity index (χ4n) is 6.98. The van der Waals surface area contributed by atoms with E-state index in [2.05, 4.69) is 27.7 Å². The van der Waals surface area contributed by atoms with Gasteiger partial charge in [0.2, 0.25) is 0 Å². The van der Waals surface area contributed by atoms with Crippen molar-refractivity contribution in [3.05, 3.63) is 0 Å². The lowest BCUT2D eigenvalue weighted by atomic mass is 10.0. The van der Waals surface area contributed by atoms with Gasteiger partial charge in [-0.2, -0.15) is 0 Å². The van der Waals surface area contributed by atoms with Crippen LogP contribution in [0.5, 0.6) is 0 Å². The second-order valence-electron chi connectivity index (χ2n) is 16.5. The van der Waals surface area contributed by atoms with Crippen molar-refractivity contribution in [2.75, 3.05) is 13.2 Å². The van der Waals surface area contributed by atoms with Gasteiger partial charge in [-0.25, -0.2) is 0 Å². The number of hydrogen-bond acceptors (Lipinski definition) is 6. The first-order valence-electron chi connectivity index (χ1n) is 23.4. The van der Waals surface area contributed by atoms with Crippen LogP contribution in [-0.2, 0) is 28.6 Å². The van der Waals surface area contributed by atoms with E-state index in [-0.39, 0.29) is 31.1 Å². The Kier molecular flexibility index (Phi) is 40.3. The smallest absolute Gasteiger partial charge is 0.306 e. The quantitative estimate of drug-likeness (QED) is 0.0351. The molecule has 6 nitrogen and oxygen atoms in total. The maximum Gasteiger partial charge on any atom is 0.306 e. The maximum absolute atomic E-state index is 12.7. The van der Waals surface area contributed by atoms with E-state index in [9.17, 15) is 14.4 Å². The Morgan fingerprint density at radius 2 is 0.623 bits per heavy atom. The summed E-state index contributed by atoms with van der Waals surface area (Å²) in [6.07, 6.45) is 40.8. The summed E-state index contributed by atoms with van der Waals surface area (Å²) in [6.45, 7) is 8.96. The van der Waals surface area contributed by atoms with Crippen LogP contribution in [0.1, 0.15) is 259 Å². The van der Waals surface area contributed by atoms with Crippen LogP contribution in [0.15, 0.2) is 0 Å². The average Bonchev–Trinajstić information content (AvgIpc) is 3.14. The number of carbonyl (C=O) groups excluding carboxylic acids is 3. The van der Waals surface area contributed by atoms with E-state index < -0.39 is 6.10 Å². The Hall–Kier alpha value is -1.59. The monoisotopic (exact) mass is 751 g/mol. The predicted octanol–water partition coefficient (Wildman–Crippen LogP) is 14.7. The number of unbranched alkanes of at least 4 members (excludes halogenated alkanes) is 29. The Morgan fingerprint density at radius 1 is 0.358 bits per heavy atom.